The number of aryl methyl sites for hydroxylation is 1. The summed E-state index contributed by atoms with van der Waals surface area (Å²) in [5.41, 5.74) is 1.95. The van der Waals surface area contributed by atoms with E-state index in [1.54, 1.807) is 6.20 Å². The lowest BCUT2D eigenvalue weighted by atomic mass is 10.2. The molecule has 0 spiro atoms. The lowest BCUT2D eigenvalue weighted by Gasteiger charge is -2.35. The third-order valence-corrected chi connectivity index (χ3v) is 3.40. The number of likely N-dealkylation sites (N-methyl/N-ethyl adjacent to an activating group) is 1. The minimum atomic E-state index is 0.825. The van der Waals surface area contributed by atoms with Crippen LogP contribution in [-0.2, 0) is 0 Å². The highest BCUT2D eigenvalue weighted by Gasteiger charge is 2.18. The van der Waals surface area contributed by atoms with Crippen LogP contribution in [0.2, 0.25) is 0 Å². The zero-order valence-corrected chi connectivity index (χ0v) is 11.0. The van der Waals surface area contributed by atoms with Crippen molar-refractivity contribution in [1.82, 2.24) is 9.88 Å². The molecule has 0 radical (unpaired) electrons. The Morgan fingerprint density at radius 3 is 2.67 bits per heavy atom. The van der Waals surface area contributed by atoms with E-state index in [2.05, 4.69) is 26.9 Å². The number of anilines is 1. The van der Waals surface area contributed by atoms with Gasteiger partial charge in [-0.25, -0.2) is 4.98 Å². The van der Waals surface area contributed by atoms with Crippen LogP contribution in [0.25, 0.3) is 0 Å². The normalized spacial score (nSPS) is 17.6. The number of aromatic nitrogens is 1. The van der Waals surface area contributed by atoms with Crippen molar-refractivity contribution in [2.75, 3.05) is 37.6 Å². The maximum Gasteiger partial charge on any atom is 0.131 e. The topological polar surface area (TPSA) is 52.0 Å². The lowest BCUT2D eigenvalue weighted by molar-refractivity contribution is 0.270. The van der Waals surface area contributed by atoms with E-state index in [-0.39, 0.29) is 0 Å². The van der Waals surface area contributed by atoms with E-state index < -0.39 is 0 Å². The van der Waals surface area contributed by atoms with E-state index in [9.17, 15) is 0 Å². The summed E-state index contributed by atoms with van der Waals surface area (Å²) in [5.74, 6) is 1.04. The van der Waals surface area contributed by atoms with Crippen molar-refractivity contribution in [1.29, 1.82) is 0 Å². The quantitative estimate of drug-likeness (QED) is 0.498. The minimum absolute atomic E-state index is 0.825. The van der Waals surface area contributed by atoms with Gasteiger partial charge in [0.05, 0.1) is 6.21 Å². The lowest BCUT2D eigenvalue weighted by Crippen LogP contribution is -2.46. The Morgan fingerprint density at radius 2 is 2.11 bits per heavy atom. The van der Waals surface area contributed by atoms with E-state index in [0.29, 0.717) is 0 Å². The monoisotopic (exact) mass is 248 g/mol. The van der Waals surface area contributed by atoms with E-state index in [1.807, 2.05) is 13.0 Å². The van der Waals surface area contributed by atoms with Crippen LogP contribution in [-0.4, -0.2) is 54.0 Å². The first-order chi connectivity index (χ1) is 8.74. The van der Waals surface area contributed by atoms with E-state index in [4.69, 9.17) is 5.21 Å². The number of pyridine rings is 1. The summed E-state index contributed by atoms with van der Waals surface area (Å²) in [7, 11) is 0. The number of piperazine rings is 1. The van der Waals surface area contributed by atoms with Gasteiger partial charge in [-0.05, 0) is 25.1 Å². The van der Waals surface area contributed by atoms with Gasteiger partial charge < -0.3 is 15.0 Å². The number of oxime groups is 1. The summed E-state index contributed by atoms with van der Waals surface area (Å²) >= 11 is 0. The molecule has 1 aliphatic rings. The molecule has 0 aliphatic carbocycles. The molecule has 0 aromatic carbocycles. The number of rotatable bonds is 3. The van der Waals surface area contributed by atoms with Crippen LogP contribution in [0, 0.1) is 6.92 Å². The van der Waals surface area contributed by atoms with Crippen molar-refractivity contribution in [3.05, 3.63) is 23.4 Å². The Kier molecular flexibility index (Phi) is 4.15. The predicted molar refractivity (Wildman–Crippen MR) is 72.7 cm³/mol. The first-order valence-electron chi connectivity index (χ1n) is 6.36. The Bertz CT molecular complexity index is 425. The molecule has 1 aromatic rings. The molecule has 1 N–H and O–H groups in total. The molecule has 5 nitrogen and oxygen atoms in total. The van der Waals surface area contributed by atoms with Gasteiger partial charge >= 0.3 is 0 Å². The van der Waals surface area contributed by atoms with Crippen LogP contribution in [0.4, 0.5) is 5.82 Å². The molecule has 18 heavy (non-hydrogen) atoms. The highest BCUT2D eigenvalue weighted by molar-refractivity contribution is 5.79. The standard InChI is InChI=1S/C13H20N4O/c1-3-16-4-6-17(7-5-16)13-11(2)8-12(9-14-13)10-15-18/h8-10,18H,3-7H2,1-2H3/b15-10+. The molecule has 0 amide bonds. The molecule has 1 aromatic heterocycles. The predicted octanol–water partition coefficient (Wildman–Crippen LogP) is 1.34. The summed E-state index contributed by atoms with van der Waals surface area (Å²) in [5, 5.41) is 11.5. The molecule has 98 valence electrons. The van der Waals surface area contributed by atoms with Crippen molar-refractivity contribution in [2.24, 2.45) is 5.16 Å². The van der Waals surface area contributed by atoms with Crippen LogP contribution in [0.15, 0.2) is 17.4 Å². The van der Waals surface area contributed by atoms with Crippen molar-refractivity contribution in [3.8, 4) is 0 Å². The fourth-order valence-corrected chi connectivity index (χ4v) is 2.33. The second kappa shape index (κ2) is 5.82. The van der Waals surface area contributed by atoms with Gasteiger partial charge in [-0.15, -0.1) is 0 Å². The van der Waals surface area contributed by atoms with E-state index in [0.717, 1.165) is 49.7 Å². The van der Waals surface area contributed by atoms with Gasteiger partial charge in [-0.2, -0.15) is 0 Å². The minimum Gasteiger partial charge on any atom is -0.411 e. The van der Waals surface area contributed by atoms with Crippen LogP contribution in [0.3, 0.4) is 0 Å². The molecule has 1 aliphatic heterocycles. The van der Waals surface area contributed by atoms with Crippen LogP contribution in [0.5, 0.6) is 0 Å². The second-order valence-electron chi connectivity index (χ2n) is 4.58. The van der Waals surface area contributed by atoms with E-state index >= 15 is 0 Å². The maximum atomic E-state index is 8.51. The molecule has 0 unspecified atom stereocenters. The fourth-order valence-electron chi connectivity index (χ4n) is 2.33. The van der Waals surface area contributed by atoms with Gasteiger partial charge in [-0.1, -0.05) is 12.1 Å². The molecule has 0 saturated carbocycles. The van der Waals surface area contributed by atoms with Gasteiger partial charge in [0.1, 0.15) is 5.82 Å². The zero-order valence-electron chi connectivity index (χ0n) is 11.0. The Morgan fingerprint density at radius 1 is 1.39 bits per heavy atom. The van der Waals surface area contributed by atoms with Crippen LogP contribution < -0.4 is 4.90 Å². The molecule has 2 rings (SSSR count). The van der Waals surface area contributed by atoms with Gasteiger partial charge in [0.15, 0.2) is 0 Å². The average Bonchev–Trinajstić information content (AvgIpc) is 2.40. The summed E-state index contributed by atoms with van der Waals surface area (Å²) in [6, 6.07) is 1.99. The highest BCUT2D eigenvalue weighted by atomic mass is 16.4. The Hall–Kier alpha value is -1.62. The van der Waals surface area contributed by atoms with Gasteiger partial charge in [-0.3, -0.25) is 0 Å². The zero-order chi connectivity index (χ0) is 13.0. The first-order valence-corrected chi connectivity index (χ1v) is 6.36. The molecule has 1 fully saturated rings. The van der Waals surface area contributed by atoms with Gasteiger partial charge in [0.25, 0.3) is 0 Å². The van der Waals surface area contributed by atoms with E-state index in [1.165, 1.54) is 6.21 Å². The Balaban J connectivity index is 2.10. The van der Waals surface area contributed by atoms with Crippen LogP contribution >= 0.6 is 0 Å². The Labute approximate surface area is 108 Å². The molecule has 5 heteroatoms. The second-order valence-corrected chi connectivity index (χ2v) is 4.58. The summed E-state index contributed by atoms with van der Waals surface area (Å²) < 4.78 is 0. The molecule has 2 heterocycles. The van der Waals surface area contributed by atoms with Crippen molar-refractivity contribution in [3.63, 3.8) is 0 Å². The third-order valence-electron chi connectivity index (χ3n) is 3.40. The molecule has 1 saturated heterocycles. The SMILES string of the molecule is CCN1CCN(c2ncc(/C=N/O)cc2C)CC1. The average molecular weight is 248 g/mol. The number of nitrogens with zero attached hydrogens (tertiary/aromatic N) is 4. The highest BCUT2D eigenvalue weighted by Crippen LogP contribution is 2.19. The molecule has 0 bridgehead atoms. The van der Waals surface area contributed by atoms with Crippen molar-refractivity contribution >= 4 is 12.0 Å². The molecule has 0 atom stereocenters. The fraction of sp³-hybridized carbons (Fsp3) is 0.538. The van der Waals surface area contributed by atoms with Crippen molar-refractivity contribution < 1.29 is 5.21 Å². The van der Waals surface area contributed by atoms with Gasteiger partial charge in [0, 0.05) is 37.9 Å². The van der Waals surface area contributed by atoms with Crippen LogP contribution in [0.1, 0.15) is 18.1 Å². The summed E-state index contributed by atoms with van der Waals surface area (Å²) in [6.07, 6.45) is 3.15. The smallest absolute Gasteiger partial charge is 0.131 e. The van der Waals surface area contributed by atoms with Gasteiger partial charge in [0.2, 0.25) is 0 Å². The van der Waals surface area contributed by atoms with Crippen molar-refractivity contribution in [2.45, 2.75) is 13.8 Å². The summed E-state index contributed by atoms with van der Waals surface area (Å²) in [6.45, 7) is 9.59. The molecular formula is C13H20N4O. The molecular weight excluding hydrogens is 228 g/mol. The largest absolute Gasteiger partial charge is 0.411 e. The first kappa shape index (κ1) is 12.8. The summed E-state index contributed by atoms with van der Waals surface area (Å²) in [4.78, 5) is 9.24. The number of hydrogen-bond donors (Lipinski definition) is 1. The third kappa shape index (κ3) is 2.79. The number of hydrogen-bond acceptors (Lipinski definition) is 5. The maximum absolute atomic E-state index is 8.51.